The van der Waals surface area contributed by atoms with E-state index in [-0.39, 0.29) is 0 Å². The van der Waals surface area contributed by atoms with Crippen LogP contribution in [0.2, 0.25) is 0 Å². The van der Waals surface area contributed by atoms with Gasteiger partial charge in [0.05, 0.1) is 16.8 Å². The summed E-state index contributed by atoms with van der Waals surface area (Å²) in [6.45, 7) is 3.58. The summed E-state index contributed by atoms with van der Waals surface area (Å²) in [5, 5.41) is 2.07. The quantitative estimate of drug-likeness (QED) is 0.757. The molecule has 16 heavy (non-hydrogen) atoms. The fourth-order valence-electron chi connectivity index (χ4n) is 1.96. The van der Waals surface area contributed by atoms with Gasteiger partial charge >= 0.3 is 0 Å². The maximum Gasteiger partial charge on any atom is 0.150 e. The largest absolute Gasteiger partial charge is 0.380 e. The van der Waals surface area contributed by atoms with Crippen molar-refractivity contribution >= 4 is 27.4 Å². The first-order valence-corrected chi connectivity index (χ1v) is 6.34. The summed E-state index contributed by atoms with van der Waals surface area (Å²) in [5.41, 5.74) is 1.04. The van der Waals surface area contributed by atoms with Gasteiger partial charge in [-0.1, -0.05) is 0 Å². The lowest BCUT2D eigenvalue weighted by atomic mass is 10.3. The highest BCUT2D eigenvalue weighted by atomic mass is 32.1. The fourth-order valence-corrected chi connectivity index (χ4v) is 2.82. The van der Waals surface area contributed by atoms with E-state index in [1.54, 1.807) is 17.7 Å². The Kier molecular flexibility index (Phi) is 2.71. The minimum Gasteiger partial charge on any atom is -0.380 e. The van der Waals surface area contributed by atoms with Crippen LogP contribution in [0, 0.1) is 0 Å². The van der Waals surface area contributed by atoms with Gasteiger partial charge in [0.1, 0.15) is 12.1 Å². The average Bonchev–Trinajstić information content (AvgIpc) is 2.63. The molecule has 0 radical (unpaired) electrons. The van der Waals surface area contributed by atoms with Crippen molar-refractivity contribution in [3.63, 3.8) is 0 Å². The minimum absolute atomic E-state index is 0.789. The Labute approximate surface area is 97.9 Å². The molecule has 1 saturated heterocycles. The Balaban J connectivity index is 2.00. The maximum absolute atomic E-state index is 5.46. The molecular formula is C11H13N3OS. The second kappa shape index (κ2) is 4.35. The lowest BCUT2D eigenvalue weighted by Gasteiger charge is -2.20. The number of hydrogen-bond donors (Lipinski definition) is 0. The first-order chi connectivity index (χ1) is 7.95. The average molecular weight is 235 g/mol. The van der Waals surface area contributed by atoms with E-state index in [0.29, 0.717) is 0 Å². The Bertz CT molecular complexity index is 477. The van der Waals surface area contributed by atoms with Gasteiger partial charge in [0.2, 0.25) is 0 Å². The SMILES string of the molecule is c1nc(N2CCCOCC2)c2sccc2n1. The van der Waals surface area contributed by atoms with E-state index in [2.05, 4.69) is 20.2 Å². The summed E-state index contributed by atoms with van der Waals surface area (Å²) in [6.07, 6.45) is 2.72. The van der Waals surface area contributed by atoms with Crippen molar-refractivity contribution in [1.29, 1.82) is 0 Å². The molecule has 4 nitrogen and oxygen atoms in total. The van der Waals surface area contributed by atoms with Crippen molar-refractivity contribution in [3.8, 4) is 0 Å². The first-order valence-electron chi connectivity index (χ1n) is 5.46. The number of hydrogen-bond acceptors (Lipinski definition) is 5. The van der Waals surface area contributed by atoms with Gasteiger partial charge in [0.15, 0.2) is 0 Å². The van der Waals surface area contributed by atoms with Gasteiger partial charge in [-0.2, -0.15) is 0 Å². The number of rotatable bonds is 1. The minimum atomic E-state index is 0.789. The second-order valence-corrected chi connectivity index (χ2v) is 4.70. The van der Waals surface area contributed by atoms with Gasteiger partial charge in [-0.25, -0.2) is 9.97 Å². The van der Waals surface area contributed by atoms with Crippen molar-refractivity contribution < 1.29 is 4.74 Å². The molecule has 1 fully saturated rings. The summed E-state index contributed by atoms with van der Waals surface area (Å²) in [6, 6.07) is 2.04. The first kappa shape index (κ1) is 9.99. The number of aromatic nitrogens is 2. The summed E-state index contributed by atoms with van der Waals surface area (Å²) in [4.78, 5) is 11.0. The van der Waals surface area contributed by atoms with Crippen LogP contribution in [0.5, 0.6) is 0 Å². The van der Waals surface area contributed by atoms with Crippen LogP contribution in [0.4, 0.5) is 5.82 Å². The van der Waals surface area contributed by atoms with E-state index in [9.17, 15) is 0 Å². The van der Waals surface area contributed by atoms with Gasteiger partial charge in [0, 0.05) is 19.7 Å². The van der Waals surface area contributed by atoms with Crippen molar-refractivity contribution in [3.05, 3.63) is 17.8 Å². The molecule has 1 aliphatic heterocycles. The van der Waals surface area contributed by atoms with E-state index in [1.165, 1.54) is 4.70 Å². The smallest absolute Gasteiger partial charge is 0.150 e. The Morgan fingerprint density at radius 2 is 2.25 bits per heavy atom. The molecule has 0 saturated carbocycles. The predicted octanol–water partition coefficient (Wildman–Crippen LogP) is 1.92. The van der Waals surface area contributed by atoms with Gasteiger partial charge < -0.3 is 9.64 Å². The Hall–Kier alpha value is -1.20. The highest BCUT2D eigenvalue weighted by molar-refractivity contribution is 7.17. The van der Waals surface area contributed by atoms with E-state index in [4.69, 9.17) is 4.74 Å². The van der Waals surface area contributed by atoms with Crippen LogP contribution < -0.4 is 4.90 Å². The standard InChI is InChI=1S/C11H13N3OS/c1-3-14(4-6-15-5-1)11-10-9(2-7-16-10)12-8-13-11/h2,7-8H,1,3-6H2. The van der Waals surface area contributed by atoms with E-state index >= 15 is 0 Å². The third kappa shape index (κ3) is 1.76. The lowest BCUT2D eigenvalue weighted by molar-refractivity contribution is 0.152. The van der Waals surface area contributed by atoms with Crippen LogP contribution >= 0.6 is 11.3 Å². The van der Waals surface area contributed by atoms with Crippen LogP contribution in [0.1, 0.15) is 6.42 Å². The lowest BCUT2D eigenvalue weighted by Crippen LogP contribution is -2.26. The molecule has 1 aliphatic rings. The molecule has 5 heteroatoms. The summed E-state index contributed by atoms with van der Waals surface area (Å²) in [5.74, 6) is 1.06. The van der Waals surface area contributed by atoms with Crippen LogP contribution in [-0.2, 0) is 4.74 Å². The zero-order valence-corrected chi connectivity index (χ0v) is 9.74. The molecule has 0 unspecified atom stereocenters. The van der Waals surface area contributed by atoms with Gasteiger partial charge in [-0.15, -0.1) is 11.3 Å². The van der Waals surface area contributed by atoms with Crippen LogP contribution in [0.15, 0.2) is 17.8 Å². The molecule has 0 N–H and O–H groups in total. The monoisotopic (exact) mass is 235 g/mol. The second-order valence-electron chi connectivity index (χ2n) is 3.79. The molecule has 0 aromatic carbocycles. The van der Waals surface area contributed by atoms with Crippen LogP contribution in [0.3, 0.4) is 0 Å². The van der Waals surface area contributed by atoms with E-state index in [0.717, 1.165) is 44.1 Å². The van der Waals surface area contributed by atoms with Crippen molar-refractivity contribution in [2.75, 3.05) is 31.2 Å². The molecule has 0 atom stereocenters. The molecule has 0 aliphatic carbocycles. The molecular weight excluding hydrogens is 222 g/mol. The molecule has 2 aromatic heterocycles. The third-order valence-electron chi connectivity index (χ3n) is 2.75. The van der Waals surface area contributed by atoms with Crippen LogP contribution in [-0.4, -0.2) is 36.3 Å². The van der Waals surface area contributed by atoms with Gasteiger partial charge in [-0.3, -0.25) is 0 Å². The molecule has 3 heterocycles. The number of fused-ring (bicyclic) bond motifs is 1. The van der Waals surface area contributed by atoms with Gasteiger partial charge in [0.25, 0.3) is 0 Å². The zero-order valence-electron chi connectivity index (χ0n) is 8.93. The highest BCUT2D eigenvalue weighted by Crippen LogP contribution is 2.28. The number of ether oxygens (including phenoxy) is 1. The van der Waals surface area contributed by atoms with Crippen molar-refractivity contribution in [2.24, 2.45) is 0 Å². The summed E-state index contributed by atoms with van der Waals surface area (Å²) in [7, 11) is 0. The normalized spacial score (nSPS) is 17.6. The van der Waals surface area contributed by atoms with Gasteiger partial charge in [-0.05, 0) is 17.9 Å². The van der Waals surface area contributed by atoms with Crippen molar-refractivity contribution in [1.82, 2.24) is 9.97 Å². The predicted molar refractivity (Wildman–Crippen MR) is 65.1 cm³/mol. The van der Waals surface area contributed by atoms with E-state index in [1.807, 2.05) is 6.07 Å². The third-order valence-corrected chi connectivity index (χ3v) is 3.65. The Morgan fingerprint density at radius 3 is 3.25 bits per heavy atom. The van der Waals surface area contributed by atoms with Crippen LogP contribution in [0.25, 0.3) is 10.2 Å². The molecule has 84 valence electrons. The number of thiophene rings is 1. The highest BCUT2D eigenvalue weighted by Gasteiger charge is 2.14. The molecule has 2 aromatic rings. The summed E-state index contributed by atoms with van der Waals surface area (Å²) < 4.78 is 6.64. The van der Waals surface area contributed by atoms with Crippen molar-refractivity contribution in [2.45, 2.75) is 6.42 Å². The van der Waals surface area contributed by atoms with E-state index < -0.39 is 0 Å². The molecule has 0 amide bonds. The zero-order chi connectivity index (χ0) is 10.8. The maximum atomic E-state index is 5.46. The molecule has 0 spiro atoms. The number of anilines is 1. The molecule has 0 bridgehead atoms. The summed E-state index contributed by atoms with van der Waals surface area (Å²) >= 11 is 1.71. The topological polar surface area (TPSA) is 38.2 Å². The fraction of sp³-hybridized carbons (Fsp3) is 0.455. The molecule has 3 rings (SSSR count). The number of nitrogens with zero attached hydrogens (tertiary/aromatic N) is 3. The Morgan fingerprint density at radius 1 is 1.25 bits per heavy atom.